The Balaban J connectivity index is 3.19. The number of aliphatic hydroxyl groups excluding tert-OH is 1. The number of halogens is 1. The van der Waals surface area contributed by atoms with Crippen molar-refractivity contribution < 1.29 is 10.0 Å². The molecule has 1 N–H and O–H groups in total. The highest BCUT2D eigenvalue weighted by Crippen LogP contribution is 2.29. The van der Waals surface area contributed by atoms with Gasteiger partial charge in [0.2, 0.25) is 0 Å². The van der Waals surface area contributed by atoms with Gasteiger partial charge in [-0.1, -0.05) is 11.6 Å². The fourth-order valence-electron chi connectivity index (χ4n) is 1.15. The van der Waals surface area contributed by atoms with Crippen LogP contribution in [0.25, 0.3) is 0 Å². The molecule has 0 saturated carbocycles. The largest absolute Gasteiger partial charge is 0.387 e. The van der Waals surface area contributed by atoms with Gasteiger partial charge in [0, 0.05) is 11.1 Å². The number of nitriles is 1. The lowest BCUT2D eigenvalue weighted by Crippen LogP contribution is -2.01. The van der Waals surface area contributed by atoms with Crippen molar-refractivity contribution in [3.8, 4) is 6.07 Å². The fourth-order valence-corrected chi connectivity index (χ4v) is 1.34. The molecule has 0 aliphatic carbocycles. The molecular formula is C9H7ClN2O3. The van der Waals surface area contributed by atoms with Gasteiger partial charge in [0.05, 0.1) is 29.1 Å². The Morgan fingerprint density at radius 1 is 1.67 bits per heavy atom. The van der Waals surface area contributed by atoms with E-state index in [2.05, 4.69) is 0 Å². The zero-order valence-corrected chi connectivity index (χ0v) is 8.31. The van der Waals surface area contributed by atoms with Crippen LogP contribution in [0.3, 0.4) is 0 Å². The predicted molar refractivity (Wildman–Crippen MR) is 53.3 cm³/mol. The maximum absolute atomic E-state index is 10.6. The van der Waals surface area contributed by atoms with Gasteiger partial charge in [0.25, 0.3) is 5.69 Å². The predicted octanol–water partition coefficient (Wildman–Crippen LogP) is 2.20. The summed E-state index contributed by atoms with van der Waals surface area (Å²) in [4.78, 5) is 9.99. The Kier molecular flexibility index (Phi) is 3.61. The second-order valence-electron chi connectivity index (χ2n) is 2.84. The SMILES string of the molecule is N#CCC(O)c1cc(Cl)ccc1[N+](=O)[O-]. The average Bonchev–Trinajstić information content (AvgIpc) is 2.17. The molecule has 1 atom stereocenters. The Bertz CT molecular complexity index is 428. The van der Waals surface area contributed by atoms with Gasteiger partial charge in [0.1, 0.15) is 0 Å². The summed E-state index contributed by atoms with van der Waals surface area (Å²) in [5.74, 6) is 0. The van der Waals surface area contributed by atoms with E-state index in [-0.39, 0.29) is 22.7 Å². The number of nitro benzene ring substituents is 1. The van der Waals surface area contributed by atoms with Crippen LogP contribution in [-0.2, 0) is 0 Å². The van der Waals surface area contributed by atoms with Crippen molar-refractivity contribution in [2.75, 3.05) is 0 Å². The number of benzene rings is 1. The summed E-state index contributed by atoms with van der Waals surface area (Å²) in [6.07, 6.45) is -1.39. The van der Waals surface area contributed by atoms with Gasteiger partial charge in [-0.25, -0.2) is 0 Å². The van der Waals surface area contributed by atoms with Crippen LogP contribution in [-0.4, -0.2) is 10.0 Å². The fraction of sp³-hybridized carbons (Fsp3) is 0.222. The number of hydrogen-bond donors (Lipinski definition) is 1. The van der Waals surface area contributed by atoms with Crippen molar-refractivity contribution in [2.24, 2.45) is 0 Å². The van der Waals surface area contributed by atoms with Crippen LogP contribution in [0.1, 0.15) is 18.1 Å². The van der Waals surface area contributed by atoms with Crippen LogP contribution < -0.4 is 0 Å². The van der Waals surface area contributed by atoms with E-state index < -0.39 is 11.0 Å². The lowest BCUT2D eigenvalue weighted by atomic mass is 10.1. The van der Waals surface area contributed by atoms with Crippen molar-refractivity contribution in [3.63, 3.8) is 0 Å². The molecule has 0 amide bonds. The van der Waals surface area contributed by atoms with Gasteiger partial charge in [-0.15, -0.1) is 0 Å². The van der Waals surface area contributed by atoms with Gasteiger partial charge >= 0.3 is 0 Å². The molecule has 0 heterocycles. The minimum atomic E-state index is -1.19. The first kappa shape index (κ1) is 11.4. The van der Waals surface area contributed by atoms with Crippen molar-refractivity contribution in [1.29, 1.82) is 5.26 Å². The van der Waals surface area contributed by atoms with E-state index in [4.69, 9.17) is 16.9 Å². The van der Waals surface area contributed by atoms with Gasteiger partial charge in [0.15, 0.2) is 0 Å². The molecule has 0 aliphatic rings. The molecule has 1 aromatic carbocycles. The summed E-state index contributed by atoms with van der Waals surface area (Å²) in [6, 6.07) is 5.60. The molecule has 0 bridgehead atoms. The van der Waals surface area contributed by atoms with E-state index in [9.17, 15) is 15.2 Å². The number of aliphatic hydroxyl groups is 1. The second kappa shape index (κ2) is 4.73. The summed E-state index contributed by atoms with van der Waals surface area (Å²) >= 11 is 5.65. The quantitative estimate of drug-likeness (QED) is 0.632. The van der Waals surface area contributed by atoms with Crippen molar-refractivity contribution in [2.45, 2.75) is 12.5 Å². The summed E-state index contributed by atoms with van der Waals surface area (Å²) in [5.41, 5.74) is -0.170. The van der Waals surface area contributed by atoms with Gasteiger partial charge in [-0.3, -0.25) is 10.1 Å². The Morgan fingerprint density at radius 3 is 2.87 bits per heavy atom. The highest BCUT2D eigenvalue weighted by molar-refractivity contribution is 6.30. The third kappa shape index (κ3) is 2.65. The average molecular weight is 227 g/mol. The molecule has 1 rings (SSSR count). The van der Waals surface area contributed by atoms with Gasteiger partial charge < -0.3 is 5.11 Å². The topological polar surface area (TPSA) is 87.2 Å². The molecule has 78 valence electrons. The normalized spacial score (nSPS) is 11.8. The highest BCUT2D eigenvalue weighted by Gasteiger charge is 2.20. The highest BCUT2D eigenvalue weighted by atomic mass is 35.5. The smallest absolute Gasteiger partial charge is 0.275 e. The van der Waals surface area contributed by atoms with Crippen LogP contribution in [0.5, 0.6) is 0 Å². The third-order valence-corrected chi connectivity index (χ3v) is 2.07. The first-order valence-corrected chi connectivity index (χ1v) is 4.43. The second-order valence-corrected chi connectivity index (χ2v) is 3.27. The Labute approximate surface area is 90.7 Å². The molecule has 1 aromatic rings. The molecule has 0 aliphatic heterocycles. The number of nitrogens with zero attached hydrogens (tertiary/aromatic N) is 2. The monoisotopic (exact) mass is 226 g/mol. The Morgan fingerprint density at radius 2 is 2.33 bits per heavy atom. The molecular weight excluding hydrogens is 220 g/mol. The number of hydrogen-bond acceptors (Lipinski definition) is 4. The standard InChI is InChI=1S/C9H7ClN2O3/c10-6-1-2-8(12(14)15)7(5-6)9(13)3-4-11/h1-2,5,9,13H,3H2. The van der Waals surface area contributed by atoms with Crippen molar-refractivity contribution >= 4 is 17.3 Å². The van der Waals surface area contributed by atoms with E-state index in [1.54, 1.807) is 6.07 Å². The molecule has 0 radical (unpaired) electrons. The first-order valence-electron chi connectivity index (χ1n) is 4.05. The Hall–Kier alpha value is -1.64. The molecule has 0 spiro atoms. The van der Waals surface area contributed by atoms with Crippen LogP contribution in [0.2, 0.25) is 5.02 Å². The maximum atomic E-state index is 10.6. The van der Waals surface area contributed by atoms with E-state index in [0.717, 1.165) is 0 Å². The van der Waals surface area contributed by atoms with E-state index >= 15 is 0 Å². The summed E-state index contributed by atoms with van der Waals surface area (Å²) < 4.78 is 0. The van der Waals surface area contributed by atoms with E-state index in [1.807, 2.05) is 0 Å². The third-order valence-electron chi connectivity index (χ3n) is 1.83. The van der Waals surface area contributed by atoms with Crippen LogP contribution in [0.4, 0.5) is 5.69 Å². The van der Waals surface area contributed by atoms with Crippen molar-refractivity contribution in [3.05, 3.63) is 38.9 Å². The minimum Gasteiger partial charge on any atom is -0.387 e. The van der Waals surface area contributed by atoms with Crippen LogP contribution in [0.15, 0.2) is 18.2 Å². The number of nitro groups is 1. The lowest BCUT2D eigenvalue weighted by molar-refractivity contribution is -0.386. The summed E-state index contributed by atoms with van der Waals surface area (Å²) in [6.45, 7) is 0. The van der Waals surface area contributed by atoms with E-state index in [0.29, 0.717) is 0 Å². The molecule has 15 heavy (non-hydrogen) atoms. The van der Waals surface area contributed by atoms with Gasteiger partial charge in [-0.05, 0) is 12.1 Å². The summed E-state index contributed by atoms with van der Waals surface area (Å²) in [5, 5.41) is 28.8. The molecule has 5 nitrogen and oxygen atoms in total. The van der Waals surface area contributed by atoms with E-state index in [1.165, 1.54) is 18.2 Å². The van der Waals surface area contributed by atoms with Crippen molar-refractivity contribution in [1.82, 2.24) is 0 Å². The first-order chi connectivity index (χ1) is 7.06. The lowest BCUT2D eigenvalue weighted by Gasteiger charge is -2.07. The maximum Gasteiger partial charge on any atom is 0.275 e. The minimum absolute atomic E-state index is 0.0639. The molecule has 0 aromatic heterocycles. The van der Waals surface area contributed by atoms with Crippen LogP contribution >= 0.6 is 11.6 Å². The van der Waals surface area contributed by atoms with Crippen LogP contribution in [0, 0.1) is 21.4 Å². The van der Waals surface area contributed by atoms with Gasteiger partial charge in [-0.2, -0.15) is 5.26 Å². The molecule has 0 saturated heterocycles. The zero-order valence-electron chi connectivity index (χ0n) is 7.55. The molecule has 1 unspecified atom stereocenters. The summed E-state index contributed by atoms with van der Waals surface area (Å²) in [7, 11) is 0. The molecule has 0 fully saturated rings. The molecule has 6 heteroatoms. The number of rotatable bonds is 3. The zero-order chi connectivity index (χ0) is 11.4.